The highest BCUT2D eigenvalue weighted by atomic mass is 79.9. The van der Waals surface area contributed by atoms with Gasteiger partial charge in [0, 0.05) is 10.5 Å². The smallest absolute Gasteiger partial charge is 0.124 e. The molecule has 1 N–H and O–H groups in total. The van der Waals surface area contributed by atoms with Gasteiger partial charge in [0.15, 0.2) is 0 Å². The predicted octanol–water partition coefficient (Wildman–Crippen LogP) is 3.89. The Kier molecular flexibility index (Phi) is 5.42. The minimum Gasteiger partial charge on any atom is -0.310 e. The van der Waals surface area contributed by atoms with E-state index in [-0.39, 0.29) is 11.9 Å². The van der Waals surface area contributed by atoms with Gasteiger partial charge in [-0.25, -0.2) is 4.39 Å². The van der Waals surface area contributed by atoms with Crippen LogP contribution in [0.25, 0.3) is 0 Å². The molecule has 0 saturated heterocycles. The summed E-state index contributed by atoms with van der Waals surface area (Å²) in [5.41, 5.74) is 4.03. The number of likely N-dealkylation sites (N-methyl/N-ethyl adjacent to an activating group) is 1. The molecule has 1 aromatic heterocycles. The second-order valence-electron chi connectivity index (χ2n) is 5.08. The monoisotopic (exact) mass is 351 g/mol. The number of aromatic nitrogens is 2. The third-order valence-corrected chi connectivity index (χ3v) is 4.14. The van der Waals surface area contributed by atoms with Gasteiger partial charge in [-0.05, 0) is 56.1 Å². The number of rotatable bonds is 5. The van der Waals surface area contributed by atoms with Gasteiger partial charge in [0.1, 0.15) is 5.82 Å². The summed E-state index contributed by atoms with van der Waals surface area (Å²) in [6, 6.07) is 7.01. The van der Waals surface area contributed by atoms with Crippen LogP contribution in [-0.2, 0) is 6.42 Å². The molecule has 112 valence electrons. The van der Waals surface area contributed by atoms with E-state index in [1.165, 1.54) is 12.1 Å². The molecule has 0 amide bonds. The summed E-state index contributed by atoms with van der Waals surface area (Å²) >= 11 is 3.44. The number of nitrogens with zero attached hydrogens (tertiary/aromatic N) is 2. The van der Waals surface area contributed by atoms with E-state index in [1.54, 1.807) is 0 Å². The number of aryl methyl sites for hydroxylation is 2. The maximum Gasteiger partial charge on any atom is 0.124 e. The maximum absolute atomic E-state index is 13.2. The summed E-state index contributed by atoms with van der Waals surface area (Å²) in [7, 11) is 0. The molecule has 0 aliphatic heterocycles. The van der Waals surface area contributed by atoms with Crippen molar-refractivity contribution in [3.63, 3.8) is 0 Å². The van der Waals surface area contributed by atoms with E-state index in [9.17, 15) is 4.39 Å². The molecule has 1 atom stereocenters. The van der Waals surface area contributed by atoms with Crippen LogP contribution in [0.2, 0.25) is 0 Å². The summed E-state index contributed by atoms with van der Waals surface area (Å²) in [5.74, 6) is -0.233. The molecule has 0 aliphatic rings. The predicted molar refractivity (Wildman–Crippen MR) is 85.7 cm³/mol. The standard InChI is InChI=1S/C16H19BrFN3/c1-4-19-16(14-7-10(2)20-21-11(14)3)8-12-5-6-13(18)9-15(12)17/h5-7,9,16,19H,4,8H2,1-3H3. The average Bonchev–Trinajstić information content (AvgIpc) is 2.44. The van der Waals surface area contributed by atoms with Crippen LogP contribution in [0.1, 0.15) is 35.5 Å². The number of halogens is 2. The molecule has 2 aromatic rings. The molecule has 0 bridgehead atoms. The molecule has 0 spiro atoms. The highest BCUT2D eigenvalue weighted by Crippen LogP contribution is 2.26. The van der Waals surface area contributed by atoms with Crippen LogP contribution >= 0.6 is 15.9 Å². The lowest BCUT2D eigenvalue weighted by atomic mass is 9.97. The minimum atomic E-state index is -0.233. The van der Waals surface area contributed by atoms with Gasteiger partial charge in [-0.2, -0.15) is 10.2 Å². The van der Waals surface area contributed by atoms with Crippen molar-refractivity contribution in [2.75, 3.05) is 6.54 Å². The number of hydrogen-bond acceptors (Lipinski definition) is 3. The molecule has 21 heavy (non-hydrogen) atoms. The number of benzene rings is 1. The lowest BCUT2D eigenvalue weighted by Crippen LogP contribution is -2.24. The SMILES string of the molecule is CCNC(Cc1ccc(F)cc1Br)c1cc(C)nnc1C. The van der Waals surface area contributed by atoms with Gasteiger partial charge < -0.3 is 5.32 Å². The van der Waals surface area contributed by atoms with Gasteiger partial charge in [-0.3, -0.25) is 0 Å². The third-order valence-electron chi connectivity index (χ3n) is 3.40. The molecular formula is C16H19BrFN3. The van der Waals surface area contributed by atoms with Crippen molar-refractivity contribution >= 4 is 15.9 Å². The molecule has 2 rings (SSSR count). The Bertz CT molecular complexity index is 631. The Morgan fingerprint density at radius 2 is 2.00 bits per heavy atom. The lowest BCUT2D eigenvalue weighted by Gasteiger charge is -2.20. The topological polar surface area (TPSA) is 37.8 Å². The molecular weight excluding hydrogens is 333 g/mol. The fourth-order valence-corrected chi connectivity index (χ4v) is 2.88. The molecule has 5 heteroatoms. The van der Waals surface area contributed by atoms with E-state index in [0.29, 0.717) is 0 Å². The van der Waals surface area contributed by atoms with Crippen LogP contribution in [0, 0.1) is 19.7 Å². The van der Waals surface area contributed by atoms with Gasteiger partial charge >= 0.3 is 0 Å². The Morgan fingerprint density at radius 1 is 1.24 bits per heavy atom. The van der Waals surface area contributed by atoms with Crippen LogP contribution in [0.5, 0.6) is 0 Å². The molecule has 1 unspecified atom stereocenters. The van der Waals surface area contributed by atoms with Gasteiger partial charge in [-0.1, -0.05) is 28.9 Å². The first kappa shape index (κ1) is 16.0. The normalized spacial score (nSPS) is 12.4. The Hall–Kier alpha value is -1.33. The molecule has 0 fully saturated rings. The van der Waals surface area contributed by atoms with E-state index >= 15 is 0 Å². The van der Waals surface area contributed by atoms with Gasteiger partial charge in [0.2, 0.25) is 0 Å². The van der Waals surface area contributed by atoms with Crippen LogP contribution < -0.4 is 5.32 Å². The average molecular weight is 352 g/mol. The quantitative estimate of drug-likeness (QED) is 0.887. The molecule has 0 radical (unpaired) electrons. The number of nitrogens with one attached hydrogen (secondary N) is 1. The van der Waals surface area contributed by atoms with Crippen LogP contribution in [0.4, 0.5) is 4.39 Å². The largest absolute Gasteiger partial charge is 0.310 e. The Morgan fingerprint density at radius 3 is 2.67 bits per heavy atom. The van der Waals surface area contributed by atoms with Crippen molar-refractivity contribution in [2.24, 2.45) is 0 Å². The highest BCUT2D eigenvalue weighted by Gasteiger charge is 2.16. The maximum atomic E-state index is 13.2. The van der Waals surface area contributed by atoms with E-state index in [1.807, 2.05) is 19.9 Å². The van der Waals surface area contributed by atoms with Gasteiger partial charge in [0.25, 0.3) is 0 Å². The second-order valence-corrected chi connectivity index (χ2v) is 5.93. The fourth-order valence-electron chi connectivity index (χ4n) is 2.37. The molecule has 1 heterocycles. The van der Waals surface area contributed by atoms with Crippen LogP contribution in [0.3, 0.4) is 0 Å². The van der Waals surface area contributed by atoms with E-state index < -0.39 is 0 Å². The van der Waals surface area contributed by atoms with E-state index in [4.69, 9.17) is 0 Å². The molecule has 0 saturated carbocycles. The summed E-state index contributed by atoms with van der Waals surface area (Å²) in [5, 5.41) is 11.8. The third kappa shape index (κ3) is 4.08. The van der Waals surface area contributed by atoms with Crippen molar-refractivity contribution in [3.8, 4) is 0 Å². The lowest BCUT2D eigenvalue weighted by molar-refractivity contribution is 0.540. The number of hydrogen-bond donors (Lipinski definition) is 1. The summed E-state index contributed by atoms with van der Waals surface area (Å²) in [6.07, 6.45) is 0.765. The fraction of sp³-hybridized carbons (Fsp3) is 0.375. The zero-order chi connectivity index (χ0) is 15.4. The minimum absolute atomic E-state index is 0.131. The zero-order valence-corrected chi connectivity index (χ0v) is 14.0. The summed E-state index contributed by atoms with van der Waals surface area (Å²) in [4.78, 5) is 0. The second kappa shape index (κ2) is 7.09. The first-order valence-electron chi connectivity index (χ1n) is 6.99. The Balaban J connectivity index is 2.32. The van der Waals surface area contributed by atoms with E-state index in [0.717, 1.165) is 40.0 Å². The Labute approximate surface area is 133 Å². The zero-order valence-electron chi connectivity index (χ0n) is 12.5. The molecule has 3 nitrogen and oxygen atoms in total. The first-order chi connectivity index (χ1) is 10.0. The summed E-state index contributed by atoms with van der Waals surface area (Å²) < 4.78 is 14.0. The van der Waals surface area contributed by atoms with Crippen molar-refractivity contribution in [2.45, 2.75) is 33.2 Å². The van der Waals surface area contributed by atoms with Crippen LogP contribution in [-0.4, -0.2) is 16.7 Å². The van der Waals surface area contributed by atoms with Gasteiger partial charge in [-0.15, -0.1) is 0 Å². The van der Waals surface area contributed by atoms with Crippen LogP contribution in [0.15, 0.2) is 28.7 Å². The van der Waals surface area contributed by atoms with Gasteiger partial charge in [0.05, 0.1) is 11.4 Å². The highest BCUT2D eigenvalue weighted by molar-refractivity contribution is 9.10. The van der Waals surface area contributed by atoms with Crippen molar-refractivity contribution in [1.29, 1.82) is 0 Å². The van der Waals surface area contributed by atoms with Crippen molar-refractivity contribution in [3.05, 3.63) is 57.1 Å². The van der Waals surface area contributed by atoms with Crippen molar-refractivity contribution in [1.82, 2.24) is 15.5 Å². The van der Waals surface area contributed by atoms with Crippen molar-refractivity contribution < 1.29 is 4.39 Å². The molecule has 1 aromatic carbocycles. The van der Waals surface area contributed by atoms with E-state index in [2.05, 4.69) is 44.4 Å². The first-order valence-corrected chi connectivity index (χ1v) is 7.78. The molecule has 0 aliphatic carbocycles. The summed E-state index contributed by atoms with van der Waals surface area (Å²) in [6.45, 7) is 6.83.